The predicted molar refractivity (Wildman–Crippen MR) is 71.6 cm³/mol. The van der Waals surface area contributed by atoms with Gasteiger partial charge in [0.05, 0.1) is 0 Å². The molecule has 0 saturated heterocycles. The molecule has 1 saturated carbocycles. The number of amides is 1. The second kappa shape index (κ2) is 5.29. The van der Waals surface area contributed by atoms with Gasteiger partial charge in [-0.15, -0.1) is 0 Å². The van der Waals surface area contributed by atoms with Crippen LogP contribution in [0.4, 0.5) is 5.69 Å². The third-order valence-corrected chi connectivity index (χ3v) is 3.12. The number of nitrogens with one attached hydrogen (secondary N) is 1. The van der Waals surface area contributed by atoms with Crippen molar-refractivity contribution in [2.45, 2.75) is 26.7 Å². The maximum atomic E-state index is 11.6. The molecule has 1 aliphatic carbocycles. The zero-order valence-electron chi connectivity index (χ0n) is 11.0. The Bertz CT molecular complexity index is 430. The van der Waals surface area contributed by atoms with E-state index in [0.717, 1.165) is 29.1 Å². The van der Waals surface area contributed by atoms with Crippen LogP contribution in [0.5, 0.6) is 5.75 Å². The summed E-state index contributed by atoms with van der Waals surface area (Å²) < 4.78 is 5.57. The van der Waals surface area contributed by atoms with Crippen molar-refractivity contribution in [1.29, 1.82) is 0 Å². The van der Waals surface area contributed by atoms with Crippen molar-refractivity contribution in [1.82, 2.24) is 5.32 Å². The first-order valence-electron chi connectivity index (χ1n) is 6.32. The van der Waals surface area contributed by atoms with Crippen LogP contribution in [-0.2, 0) is 4.79 Å². The van der Waals surface area contributed by atoms with Crippen LogP contribution in [0, 0.1) is 19.8 Å². The van der Waals surface area contributed by atoms with Crippen molar-refractivity contribution in [2.24, 2.45) is 5.92 Å². The van der Waals surface area contributed by atoms with Crippen LogP contribution in [0.1, 0.15) is 24.0 Å². The van der Waals surface area contributed by atoms with Gasteiger partial charge in [0.1, 0.15) is 5.75 Å². The Balaban J connectivity index is 1.86. The Hall–Kier alpha value is -1.71. The predicted octanol–water partition coefficient (Wildman–Crippen LogP) is 1.79. The summed E-state index contributed by atoms with van der Waals surface area (Å²) >= 11 is 0. The van der Waals surface area contributed by atoms with Gasteiger partial charge in [0.25, 0.3) is 5.91 Å². The van der Waals surface area contributed by atoms with Crippen molar-refractivity contribution in [3.8, 4) is 5.75 Å². The summed E-state index contributed by atoms with van der Waals surface area (Å²) in [6.07, 6.45) is 2.47. The van der Waals surface area contributed by atoms with Crippen LogP contribution in [0.15, 0.2) is 12.1 Å². The number of anilines is 1. The molecule has 1 aromatic carbocycles. The van der Waals surface area contributed by atoms with Gasteiger partial charge in [0, 0.05) is 12.2 Å². The van der Waals surface area contributed by atoms with Gasteiger partial charge >= 0.3 is 0 Å². The Morgan fingerprint density at radius 2 is 2.00 bits per heavy atom. The highest BCUT2D eigenvalue weighted by Gasteiger charge is 2.21. The largest absolute Gasteiger partial charge is 0.483 e. The molecule has 0 radical (unpaired) electrons. The molecule has 4 heteroatoms. The molecular formula is C14H20N2O2. The molecule has 4 nitrogen and oxygen atoms in total. The van der Waals surface area contributed by atoms with E-state index in [1.807, 2.05) is 26.0 Å². The van der Waals surface area contributed by atoms with Crippen LogP contribution in [0.25, 0.3) is 0 Å². The molecule has 1 fully saturated rings. The van der Waals surface area contributed by atoms with Crippen LogP contribution < -0.4 is 15.8 Å². The molecule has 0 bridgehead atoms. The van der Waals surface area contributed by atoms with E-state index < -0.39 is 0 Å². The Morgan fingerprint density at radius 3 is 2.56 bits per heavy atom. The molecule has 0 atom stereocenters. The molecule has 0 heterocycles. The molecule has 1 amide bonds. The second-order valence-electron chi connectivity index (χ2n) is 5.02. The summed E-state index contributed by atoms with van der Waals surface area (Å²) in [6.45, 7) is 4.71. The first-order chi connectivity index (χ1) is 8.56. The van der Waals surface area contributed by atoms with E-state index in [4.69, 9.17) is 10.5 Å². The number of carbonyl (C=O) groups excluding carboxylic acids is 1. The average Bonchev–Trinajstić information content (AvgIpc) is 3.08. The molecule has 1 aromatic rings. The van der Waals surface area contributed by atoms with Crippen LogP contribution >= 0.6 is 0 Å². The highest BCUT2D eigenvalue weighted by Crippen LogP contribution is 2.27. The fourth-order valence-corrected chi connectivity index (χ4v) is 1.98. The maximum Gasteiger partial charge on any atom is 0.257 e. The van der Waals surface area contributed by atoms with E-state index in [0.29, 0.717) is 5.92 Å². The molecule has 0 spiro atoms. The van der Waals surface area contributed by atoms with Gasteiger partial charge in [0.15, 0.2) is 6.61 Å². The van der Waals surface area contributed by atoms with Crippen molar-refractivity contribution in [2.75, 3.05) is 18.9 Å². The lowest BCUT2D eigenvalue weighted by atomic mass is 10.1. The van der Waals surface area contributed by atoms with E-state index in [1.54, 1.807) is 0 Å². The van der Waals surface area contributed by atoms with Crippen molar-refractivity contribution >= 4 is 11.6 Å². The zero-order chi connectivity index (χ0) is 13.1. The summed E-state index contributed by atoms with van der Waals surface area (Å²) in [5.41, 5.74) is 8.38. The van der Waals surface area contributed by atoms with E-state index in [2.05, 4.69) is 5.32 Å². The minimum atomic E-state index is -0.0578. The smallest absolute Gasteiger partial charge is 0.257 e. The number of rotatable bonds is 5. The number of aryl methyl sites for hydroxylation is 2. The second-order valence-corrected chi connectivity index (χ2v) is 5.02. The molecule has 0 aliphatic heterocycles. The highest BCUT2D eigenvalue weighted by atomic mass is 16.5. The highest BCUT2D eigenvalue weighted by molar-refractivity contribution is 5.77. The zero-order valence-corrected chi connectivity index (χ0v) is 11.0. The monoisotopic (exact) mass is 248 g/mol. The van der Waals surface area contributed by atoms with Gasteiger partial charge in [-0.2, -0.15) is 0 Å². The molecule has 3 N–H and O–H groups in total. The van der Waals surface area contributed by atoms with E-state index >= 15 is 0 Å². The maximum absolute atomic E-state index is 11.6. The summed E-state index contributed by atoms with van der Waals surface area (Å²) in [5.74, 6) is 1.39. The fraction of sp³-hybridized carbons (Fsp3) is 0.500. The van der Waals surface area contributed by atoms with Gasteiger partial charge in [-0.25, -0.2) is 0 Å². The standard InChI is InChI=1S/C14H20N2O2/c1-9-5-12(15)6-10(2)14(9)18-8-13(17)16-7-11-3-4-11/h5-6,11H,3-4,7-8,15H2,1-2H3,(H,16,17). The van der Waals surface area contributed by atoms with E-state index in [1.165, 1.54) is 12.8 Å². The SMILES string of the molecule is Cc1cc(N)cc(C)c1OCC(=O)NCC1CC1. The van der Waals surface area contributed by atoms with Gasteiger partial charge in [-0.1, -0.05) is 0 Å². The van der Waals surface area contributed by atoms with Crippen LogP contribution in [-0.4, -0.2) is 19.1 Å². The number of hydrogen-bond donors (Lipinski definition) is 2. The molecule has 2 rings (SSSR count). The van der Waals surface area contributed by atoms with Crippen LogP contribution in [0.3, 0.4) is 0 Å². The first kappa shape index (κ1) is 12.7. The number of nitrogen functional groups attached to an aromatic ring is 1. The van der Waals surface area contributed by atoms with Gasteiger partial charge in [0.2, 0.25) is 0 Å². The number of hydrogen-bond acceptors (Lipinski definition) is 3. The normalized spacial score (nSPS) is 14.3. The fourth-order valence-electron chi connectivity index (χ4n) is 1.98. The van der Waals surface area contributed by atoms with Crippen molar-refractivity contribution < 1.29 is 9.53 Å². The third kappa shape index (κ3) is 3.39. The summed E-state index contributed by atoms with van der Waals surface area (Å²) in [7, 11) is 0. The first-order valence-corrected chi connectivity index (χ1v) is 6.32. The molecule has 1 aliphatic rings. The van der Waals surface area contributed by atoms with Crippen LogP contribution in [0.2, 0.25) is 0 Å². The number of nitrogens with two attached hydrogens (primary N) is 1. The molecule has 0 aromatic heterocycles. The third-order valence-electron chi connectivity index (χ3n) is 3.12. The van der Waals surface area contributed by atoms with E-state index in [-0.39, 0.29) is 12.5 Å². The minimum absolute atomic E-state index is 0.0578. The Morgan fingerprint density at radius 1 is 1.39 bits per heavy atom. The van der Waals surface area contributed by atoms with E-state index in [9.17, 15) is 4.79 Å². The van der Waals surface area contributed by atoms with Gasteiger partial charge < -0.3 is 15.8 Å². The van der Waals surface area contributed by atoms with Gasteiger partial charge in [-0.3, -0.25) is 4.79 Å². The molecule has 98 valence electrons. The summed E-state index contributed by atoms with van der Waals surface area (Å²) in [6, 6.07) is 3.70. The number of benzene rings is 1. The topological polar surface area (TPSA) is 64.3 Å². The number of ether oxygens (including phenoxy) is 1. The Kier molecular flexibility index (Phi) is 3.75. The molecule has 18 heavy (non-hydrogen) atoms. The van der Waals surface area contributed by atoms with Crippen molar-refractivity contribution in [3.63, 3.8) is 0 Å². The summed E-state index contributed by atoms with van der Waals surface area (Å²) in [5, 5.41) is 2.88. The lowest BCUT2D eigenvalue weighted by Gasteiger charge is -2.12. The lowest BCUT2D eigenvalue weighted by molar-refractivity contribution is -0.123. The molecular weight excluding hydrogens is 228 g/mol. The van der Waals surface area contributed by atoms with Crippen molar-refractivity contribution in [3.05, 3.63) is 23.3 Å². The number of carbonyl (C=O) groups is 1. The Labute approximate surface area is 108 Å². The quantitative estimate of drug-likeness (QED) is 0.781. The molecule has 0 unspecified atom stereocenters. The average molecular weight is 248 g/mol. The van der Waals surface area contributed by atoms with Gasteiger partial charge in [-0.05, 0) is 55.9 Å². The summed E-state index contributed by atoms with van der Waals surface area (Å²) in [4.78, 5) is 11.6. The lowest BCUT2D eigenvalue weighted by Crippen LogP contribution is -2.30. The minimum Gasteiger partial charge on any atom is -0.483 e.